The summed E-state index contributed by atoms with van der Waals surface area (Å²) >= 11 is 0. The van der Waals surface area contributed by atoms with E-state index in [4.69, 9.17) is 0 Å². The Balaban J connectivity index is 1.50. The van der Waals surface area contributed by atoms with Crippen LogP contribution in [0, 0.1) is 52.3 Å². The lowest BCUT2D eigenvalue weighted by molar-refractivity contribution is -0.0797. The number of rotatable bonds is 7. The molecule has 4 aliphatic carbocycles. The molecule has 0 amide bonds. The fraction of sp³-hybridized carbons (Fsp3) is 0.931. The molecule has 4 rings (SSSR count). The highest BCUT2D eigenvalue weighted by Crippen LogP contribution is 2.67. The largest absolute Gasteiger partial charge is 0.395 e. The second-order valence-electron chi connectivity index (χ2n) is 12.7. The van der Waals surface area contributed by atoms with E-state index in [9.17, 15) is 10.2 Å². The average Bonchev–Trinajstić information content (AvgIpc) is 3.10. The molecule has 0 heterocycles. The molecule has 0 aromatic heterocycles. The molecule has 0 spiro atoms. The summed E-state index contributed by atoms with van der Waals surface area (Å²) in [5.74, 6) is 5.64. The summed E-state index contributed by atoms with van der Waals surface area (Å²) in [5, 5.41) is 20.9. The van der Waals surface area contributed by atoms with Crippen molar-refractivity contribution in [2.24, 2.45) is 52.3 Å². The number of fused-ring (bicyclic) bond motifs is 5. The minimum atomic E-state index is -0.189. The second kappa shape index (κ2) is 9.13. The molecular formula is C29H50O2. The Labute approximate surface area is 192 Å². The zero-order valence-electron chi connectivity index (χ0n) is 21.1. The Morgan fingerprint density at radius 1 is 1.03 bits per heavy atom. The van der Waals surface area contributed by atoms with Crippen LogP contribution in [-0.2, 0) is 0 Å². The van der Waals surface area contributed by atoms with Crippen LogP contribution in [0.4, 0.5) is 0 Å². The summed E-state index contributed by atoms with van der Waals surface area (Å²) in [6, 6.07) is 0. The Hall–Kier alpha value is -0.340. The van der Waals surface area contributed by atoms with Gasteiger partial charge < -0.3 is 10.2 Å². The maximum absolute atomic E-state index is 10.6. The minimum absolute atomic E-state index is 0.0151. The van der Waals surface area contributed by atoms with Crippen molar-refractivity contribution in [3.05, 3.63) is 11.6 Å². The van der Waals surface area contributed by atoms with E-state index in [1.54, 1.807) is 0 Å². The molecular weight excluding hydrogens is 380 g/mol. The van der Waals surface area contributed by atoms with Gasteiger partial charge in [-0.15, -0.1) is 0 Å². The normalized spacial score (nSPS) is 44.3. The molecule has 3 fully saturated rings. The number of hydrogen-bond donors (Lipinski definition) is 2. The standard InChI is InChI=1S/C29H50O2/c1-6-21(19(2)3)8-7-20(4)25-11-12-26-24-10-9-22-17-23(31)13-16-29(22,18-30)27(24)14-15-28(25,26)5/h9,19-21,23-27,30-31H,6-8,10-18H2,1-5H3/t20-,21-,23+,24+,25-,26-,27+,28-,29-/m1/s1. The van der Waals surface area contributed by atoms with Gasteiger partial charge in [0.1, 0.15) is 0 Å². The molecule has 0 aromatic carbocycles. The van der Waals surface area contributed by atoms with Crippen molar-refractivity contribution in [3.8, 4) is 0 Å². The van der Waals surface area contributed by atoms with Gasteiger partial charge in [0, 0.05) is 5.41 Å². The predicted octanol–water partition coefficient (Wildman–Crippen LogP) is 7.00. The van der Waals surface area contributed by atoms with E-state index < -0.39 is 0 Å². The molecule has 0 radical (unpaired) electrons. The van der Waals surface area contributed by atoms with Gasteiger partial charge in [-0.25, -0.2) is 0 Å². The van der Waals surface area contributed by atoms with Gasteiger partial charge in [0.05, 0.1) is 12.7 Å². The number of aliphatic hydroxyl groups excluding tert-OH is 2. The van der Waals surface area contributed by atoms with Gasteiger partial charge in [-0.3, -0.25) is 0 Å². The fourth-order valence-corrected chi connectivity index (χ4v) is 9.39. The van der Waals surface area contributed by atoms with Crippen LogP contribution in [0.25, 0.3) is 0 Å². The Kier molecular flexibility index (Phi) is 7.01. The highest BCUT2D eigenvalue weighted by atomic mass is 16.3. The monoisotopic (exact) mass is 430 g/mol. The lowest BCUT2D eigenvalue weighted by atomic mass is 9.46. The molecule has 9 atom stereocenters. The van der Waals surface area contributed by atoms with Gasteiger partial charge >= 0.3 is 0 Å². The van der Waals surface area contributed by atoms with Gasteiger partial charge in [-0.1, -0.05) is 59.1 Å². The van der Waals surface area contributed by atoms with Gasteiger partial charge in [0.25, 0.3) is 0 Å². The highest BCUT2D eigenvalue weighted by Gasteiger charge is 2.60. The molecule has 4 aliphatic rings. The topological polar surface area (TPSA) is 40.5 Å². The van der Waals surface area contributed by atoms with E-state index in [-0.39, 0.29) is 11.5 Å². The molecule has 0 bridgehead atoms. The van der Waals surface area contributed by atoms with Gasteiger partial charge in [0.15, 0.2) is 0 Å². The predicted molar refractivity (Wildman–Crippen MR) is 130 cm³/mol. The summed E-state index contributed by atoms with van der Waals surface area (Å²) in [6.45, 7) is 12.7. The third-order valence-corrected chi connectivity index (χ3v) is 11.3. The number of hydrogen-bond acceptors (Lipinski definition) is 2. The van der Waals surface area contributed by atoms with Crippen molar-refractivity contribution < 1.29 is 10.2 Å². The molecule has 2 N–H and O–H groups in total. The third kappa shape index (κ3) is 3.96. The van der Waals surface area contributed by atoms with Crippen molar-refractivity contribution in [1.82, 2.24) is 0 Å². The average molecular weight is 431 g/mol. The molecule has 0 aliphatic heterocycles. The van der Waals surface area contributed by atoms with E-state index in [1.807, 2.05) is 0 Å². The van der Waals surface area contributed by atoms with Crippen LogP contribution in [0.1, 0.15) is 105 Å². The van der Waals surface area contributed by atoms with Crippen LogP contribution in [-0.4, -0.2) is 22.9 Å². The number of aliphatic hydroxyl groups is 2. The Morgan fingerprint density at radius 2 is 1.81 bits per heavy atom. The van der Waals surface area contributed by atoms with E-state index >= 15 is 0 Å². The molecule has 31 heavy (non-hydrogen) atoms. The van der Waals surface area contributed by atoms with Crippen LogP contribution in [0.3, 0.4) is 0 Å². The number of allylic oxidation sites excluding steroid dienone is 1. The van der Waals surface area contributed by atoms with E-state index in [1.165, 1.54) is 56.9 Å². The molecule has 2 nitrogen and oxygen atoms in total. The summed E-state index contributed by atoms with van der Waals surface area (Å²) in [4.78, 5) is 0. The van der Waals surface area contributed by atoms with Crippen LogP contribution in [0.2, 0.25) is 0 Å². The quantitative estimate of drug-likeness (QED) is 0.427. The zero-order chi connectivity index (χ0) is 22.4. The lowest BCUT2D eigenvalue weighted by Crippen LogP contribution is -2.53. The molecule has 0 unspecified atom stereocenters. The smallest absolute Gasteiger partial charge is 0.0577 e. The first-order valence-electron chi connectivity index (χ1n) is 13.7. The van der Waals surface area contributed by atoms with Gasteiger partial charge in [-0.05, 0) is 105 Å². The minimum Gasteiger partial charge on any atom is -0.395 e. The van der Waals surface area contributed by atoms with Crippen molar-refractivity contribution >= 4 is 0 Å². The fourth-order valence-electron chi connectivity index (χ4n) is 9.39. The first-order chi connectivity index (χ1) is 14.8. The van der Waals surface area contributed by atoms with E-state index in [0.717, 1.165) is 54.8 Å². The summed E-state index contributed by atoms with van der Waals surface area (Å²) < 4.78 is 0. The first kappa shape index (κ1) is 23.8. The Bertz CT molecular complexity index is 653. The van der Waals surface area contributed by atoms with Gasteiger partial charge in [0.2, 0.25) is 0 Å². The lowest BCUT2D eigenvalue weighted by Gasteiger charge is -2.59. The Morgan fingerprint density at radius 3 is 2.48 bits per heavy atom. The van der Waals surface area contributed by atoms with Crippen LogP contribution < -0.4 is 0 Å². The summed E-state index contributed by atoms with van der Waals surface area (Å²) in [5.41, 5.74) is 1.88. The summed E-state index contributed by atoms with van der Waals surface area (Å²) in [6.07, 6.45) is 15.7. The van der Waals surface area contributed by atoms with Crippen LogP contribution in [0.5, 0.6) is 0 Å². The highest BCUT2D eigenvalue weighted by molar-refractivity contribution is 5.26. The van der Waals surface area contributed by atoms with Crippen molar-refractivity contribution in [1.29, 1.82) is 0 Å². The molecule has 0 aromatic rings. The first-order valence-corrected chi connectivity index (χ1v) is 13.7. The zero-order valence-corrected chi connectivity index (χ0v) is 21.1. The molecule has 2 heteroatoms. The van der Waals surface area contributed by atoms with E-state index in [2.05, 4.69) is 40.7 Å². The van der Waals surface area contributed by atoms with Crippen LogP contribution >= 0.6 is 0 Å². The maximum Gasteiger partial charge on any atom is 0.0577 e. The summed E-state index contributed by atoms with van der Waals surface area (Å²) in [7, 11) is 0. The second-order valence-corrected chi connectivity index (χ2v) is 12.7. The SMILES string of the molecule is CC[C@H](CC[C@@H](C)[C@H]1CC[C@@H]2[C@@H]3CC=C4C[C@@H](O)CC[C@]4(CO)[C@H]3CC[C@@]21C)C(C)C. The van der Waals surface area contributed by atoms with E-state index in [0.29, 0.717) is 17.9 Å². The molecule has 3 saturated carbocycles. The molecule has 0 saturated heterocycles. The van der Waals surface area contributed by atoms with Crippen molar-refractivity contribution in [2.45, 2.75) is 111 Å². The third-order valence-electron chi connectivity index (χ3n) is 11.3. The molecule has 178 valence electrons. The van der Waals surface area contributed by atoms with Crippen molar-refractivity contribution in [2.75, 3.05) is 6.61 Å². The van der Waals surface area contributed by atoms with Crippen molar-refractivity contribution in [3.63, 3.8) is 0 Å². The maximum atomic E-state index is 10.6. The van der Waals surface area contributed by atoms with Gasteiger partial charge in [-0.2, -0.15) is 0 Å². The van der Waals surface area contributed by atoms with Crippen LogP contribution in [0.15, 0.2) is 11.6 Å².